The lowest BCUT2D eigenvalue weighted by Gasteiger charge is -2.10. The number of hydrogen-bond donors (Lipinski definition) is 3. The molecule has 0 radical (unpaired) electrons. The molecule has 0 aromatic heterocycles. The van der Waals surface area contributed by atoms with Gasteiger partial charge in [0.15, 0.2) is 0 Å². The summed E-state index contributed by atoms with van der Waals surface area (Å²) in [5, 5.41) is 8.83. The maximum atomic E-state index is 13.6. The van der Waals surface area contributed by atoms with Crippen LogP contribution in [-0.4, -0.2) is 31.9 Å². The maximum absolute atomic E-state index is 13.6. The van der Waals surface area contributed by atoms with Crippen molar-refractivity contribution < 1.29 is 27.5 Å². The van der Waals surface area contributed by atoms with E-state index in [1.165, 1.54) is 6.92 Å². The van der Waals surface area contributed by atoms with E-state index in [0.717, 1.165) is 12.1 Å². The van der Waals surface area contributed by atoms with Gasteiger partial charge in [0.05, 0.1) is 10.5 Å². The summed E-state index contributed by atoms with van der Waals surface area (Å²) in [5.74, 6) is -2.92. The number of carboxylic acids is 1. The number of primary amides is 1. The van der Waals surface area contributed by atoms with Gasteiger partial charge in [-0.25, -0.2) is 22.3 Å². The lowest BCUT2D eigenvalue weighted by Crippen LogP contribution is -2.27. The van der Waals surface area contributed by atoms with Crippen molar-refractivity contribution in [3.8, 4) is 0 Å². The fraction of sp³-hybridized carbons (Fsp3) is 0.333. The number of rotatable bonds is 7. The molecule has 0 heterocycles. The van der Waals surface area contributed by atoms with E-state index in [0.29, 0.717) is 0 Å². The second kappa shape index (κ2) is 6.64. The summed E-state index contributed by atoms with van der Waals surface area (Å²) < 4.78 is 39.9. The van der Waals surface area contributed by atoms with E-state index < -0.39 is 38.2 Å². The van der Waals surface area contributed by atoms with Crippen LogP contribution in [0.2, 0.25) is 0 Å². The summed E-state index contributed by atoms with van der Waals surface area (Å²) >= 11 is 0. The van der Waals surface area contributed by atoms with E-state index in [1.807, 2.05) is 0 Å². The maximum Gasteiger partial charge on any atom is 0.335 e. The summed E-state index contributed by atoms with van der Waals surface area (Å²) in [5.41, 5.74) is 4.28. The summed E-state index contributed by atoms with van der Waals surface area (Å²) in [6, 6.07) is 1.64. The standard InChI is InChI=1S/C12H15FN2O5S/c1-7-9(13)5-8(12(17)18)6-10(7)21(19,20)15-4-2-3-11(14)16/h5-6,15H,2-4H2,1H3,(H2,14,16)(H,17,18). The van der Waals surface area contributed by atoms with Gasteiger partial charge >= 0.3 is 5.97 Å². The number of aromatic carboxylic acids is 1. The molecule has 1 aromatic carbocycles. The predicted molar refractivity (Wildman–Crippen MR) is 71.7 cm³/mol. The van der Waals surface area contributed by atoms with Gasteiger partial charge in [-0.3, -0.25) is 4.79 Å². The second-order valence-corrected chi connectivity index (χ2v) is 6.09. The van der Waals surface area contributed by atoms with Crippen LogP contribution in [0.15, 0.2) is 17.0 Å². The van der Waals surface area contributed by atoms with Crippen LogP contribution in [0.5, 0.6) is 0 Å². The van der Waals surface area contributed by atoms with Crippen LogP contribution in [0.1, 0.15) is 28.8 Å². The molecule has 0 atom stereocenters. The smallest absolute Gasteiger partial charge is 0.335 e. The molecule has 0 aliphatic rings. The minimum Gasteiger partial charge on any atom is -0.478 e. The van der Waals surface area contributed by atoms with E-state index >= 15 is 0 Å². The van der Waals surface area contributed by atoms with Gasteiger partial charge < -0.3 is 10.8 Å². The van der Waals surface area contributed by atoms with Gasteiger partial charge in [-0.05, 0) is 25.5 Å². The number of nitrogens with one attached hydrogen (secondary N) is 1. The van der Waals surface area contributed by atoms with Gasteiger partial charge in [0, 0.05) is 18.5 Å². The Hall–Kier alpha value is -2.00. The number of carboxylic acid groups (broad SMARTS) is 1. The Bertz CT molecular complexity index is 672. The predicted octanol–water partition coefficient (Wildman–Crippen LogP) is 0.376. The van der Waals surface area contributed by atoms with Gasteiger partial charge in [-0.2, -0.15) is 0 Å². The minimum atomic E-state index is -4.07. The summed E-state index contributed by atoms with van der Waals surface area (Å²) in [4.78, 5) is 20.9. The van der Waals surface area contributed by atoms with Crippen LogP contribution in [-0.2, 0) is 14.8 Å². The van der Waals surface area contributed by atoms with Crippen molar-refractivity contribution in [3.05, 3.63) is 29.1 Å². The first kappa shape index (κ1) is 17.1. The van der Waals surface area contributed by atoms with Crippen LogP contribution < -0.4 is 10.5 Å². The zero-order valence-electron chi connectivity index (χ0n) is 11.2. The van der Waals surface area contributed by atoms with Crippen molar-refractivity contribution in [2.45, 2.75) is 24.7 Å². The number of sulfonamides is 1. The quantitative estimate of drug-likeness (QED) is 0.626. The molecule has 0 aliphatic heterocycles. The average molecular weight is 318 g/mol. The number of halogens is 1. The van der Waals surface area contributed by atoms with Crippen LogP contribution in [0, 0.1) is 12.7 Å². The number of amides is 1. The molecule has 0 aliphatic carbocycles. The zero-order chi connectivity index (χ0) is 16.2. The number of carbonyl (C=O) groups is 2. The molecule has 0 saturated heterocycles. The molecule has 7 nitrogen and oxygen atoms in total. The number of carbonyl (C=O) groups excluding carboxylic acids is 1. The highest BCUT2D eigenvalue weighted by molar-refractivity contribution is 7.89. The average Bonchev–Trinajstić information content (AvgIpc) is 2.37. The molecule has 1 rings (SSSR count). The summed E-state index contributed by atoms with van der Waals surface area (Å²) in [6.07, 6.45) is 0.194. The first-order valence-corrected chi connectivity index (χ1v) is 7.45. The summed E-state index contributed by atoms with van der Waals surface area (Å²) in [6.45, 7) is 1.17. The molecule has 0 bridgehead atoms. The molecule has 21 heavy (non-hydrogen) atoms. The van der Waals surface area contributed by atoms with Crippen LogP contribution in [0.4, 0.5) is 4.39 Å². The van der Waals surface area contributed by atoms with E-state index in [1.54, 1.807) is 0 Å². The largest absolute Gasteiger partial charge is 0.478 e. The Morgan fingerprint density at radius 3 is 2.52 bits per heavy atom. The van der Waals surface area contributed by atoms with Crippen molar-refractivity contribution in [2.75, 3.05) is 6.54 Å². The van der Waals surface area contributed by atoms with Gasteiger partial charge in [0.2, 0.25) is 15.9 Å². The SMILES string of the molecule is Cc1c(F)cc(C(=O)O)cc1S(=O)(=O)NCCCC(N)=O. The Kier molecular flexibility index (Phi) is 5.39. The van der Waals surface area contributed by atoms with Gasteiger partial charge in [0.25, 0.3) is 0 Å². The molecule has 1 aromatic rings. The number of nitrogens with two attached hydrogens (primary N) is 1. The van der Waals surface area contributed by atoms with Gasteiger partial charge in [0.1, 0.15) is 5.82 Å². The molecule has 4 N–H and O–H groups in total. The van der Waals surface area contributed by atoms with E-state index in [4.69, 9.17) is 10.8 Å². The highest BCUT2D eigenvalue weighted by Crippen LogP contribution is 2.20. The third-order valence-electron chi connectivity index (χ3n) is 2.73. The molecule has 0 spiro atoms. The third-order valence-corrected chi connectivity index (χ3v) is 4.31. The summed E-state index contributed by atoms with van der Waals surface area (Å²) in [7, 11) is -4.07. The molecular weight excluding hydrogens is 303 g/mol. The highest BCUT2D eigenvalue weighted by atomic mass is 32.2. The van der Waals surface area contributed by atoms with Gasteiger partial charge in [-0.1, -0.05) is 0 Å². The number of benzene rings is 1. The van der Waals surface area contributed by atoms with E-state index in [-0.39, 0.29) is 24.9 Å². The first-order chi connectivity index (χ1) is 9.65. The van der Waals surface area contributed by atoms with Crippen molar-refractivity contribution in [1.29, 1.82) is 0 Å². The third kappa shape index (κ3) is 4.50. The van der Waals surface area contributed by atoms with Crippen molar-refractivity contribution in [3.63, 3.8) is 0 Å². The lowest BCUT2D eigenvalue weighted by atomic mass is 10.1. The fourth-order valence-electron chi connectivity index (χ4n) is 1.60. The Morgan fingerprint density at radius 2 is 2.00 bits per heavy atom. The van der Waals surface area contributed by atoms with Crippen LogP contribution in [0.3, 0.4) is 0 Å². The van der Waals surface area contributed by atoms with Crippen LogP contribution in [0.25, 0.3) is 0 Å². The molecule has 0 fully saturated rings. The van der Waals surface area contributed by atoms with Crippen molar-refractivity contribution in [1.82, 2.24) is 4.72 Å². The fourth-order valence-corrected chi connectivity index (χ4v) is 2.95. The minimum absolute atomic E-state index is 0.00499. The molecule has 9 heteroatoms. The molecule has 1 amide bonds. The zero-order valence-corrected chi connectivity index (χ0v) is 12.0. The Morgan fingerprint density at radius 1 is 1.38 bits per heavy atom. The Balaban J connectivity index is 3.02. The molecular formula is C12H15FN2O5S. The van der Waals surface area contributed by atoms with E-state index in [2.05, 4.69) is 4.72 Å². The topological polar surface area (TPSA) is 127 Å². The highest BCUT2D eigenvalue weighted by Gasteiger charge is 2.21. The van der Waals surface area contributed by atoms with E-state index in [9.17, 15) is 22.4 Å². The molecule has 0 saturated carbocycles. The van der Waals surface area contributed by atoms with Crippen molar-refractivity contribution in [2.24, 2.45) is 5.73 Å². The first-order valence-electron chi connectivity index (χ1n) is 5.96. The van der Waals surface area contributed by atoms with Crippen LogP contribution >= 0.6 is 0 Å². The lowest BCUT2D eigenvalue weighted by molar-refractivity contribution is -0.118. The molecule has 116 valence electrons. The molecule has 0 unspecified atom stereocenters. The van der Waals surface area contributed by atoms with Gasteiger partial charge in [-0.15, -0.1) is 0 Å². The Labute approximate surface area is 121 Å². The second-order valence-electron chi connectivity index (χ2n) is 4.35. The monoisotopic (exact) mass is 318 g/mol. The number of hydrogen-bond acceptors (Lipinski definition) is 4. The van der Waals surface area contributed by atoms with Crippen molar-refractivity contribution >= 4 is 21.9 Å². The normalized spacial score (nSPS) is 11.3.